The van der Waals surface area contributed by atoms with E-state index in [-0.39, 0.29) is 11.7 Å². The molecule has 5 nitrogen and oxygen atoms in total. The topological polar surface area (TPSA) is 68.5 Å². The third-order valence-electron chi connectivity index (χ3n) is 5.23. The summed E-state index contributed by atoms with van der Waals surface area (Å²) in [5, 5.41) is 0.511. The van der Waals surface area contributed by atoms with E-state index in [1.165, 1.54) is 23.1 Å². The van der Waals surface area contributed by atoms with Crippen LogP contribution in [0.4, 0.5) is 9.52 Å². The molecule has 1 amide bonds. The number of amides is 1. The lowest BCUT2D eigenvalue weighted by Crippen LogP contribution is -2.33. The summed E-state index contributed by atoms with van der Waals surface area (Å²) in [7, 11) is 0. The molecule has 0 unspecified atom stereocenters. The third kappa shape index (κ3) is 4.41. The molecule has 2 heterocycles. The van der Waals surface area contributed by atoms with Gasteiger partial charge in [-0.05, 0) is 48.1 Å². The van der Waals surface area contributed by atoms with Crippen molar-refractivity contribution in [2.45, 2.75) is 31.7 Å². The van der Waals surface area contributed by atoms with E-state index in [1.54, 1.807) is 23.2 Å². The highest BCUT2D eigenvalue weighted by Crippen LogP contribution is 2.33. The quantitative estimate of drug-likeness (QED) is 0.531. The molecular weight excluding hydrogens is 433 g/mol. The number of halogens is 1. The Morgan fingerprint density at radius 2 is 2.16 bits per heavy atom. The number of ether oxygens (including phenoxy) is 1. The number of aromatic nitrogens is 1. The number of nitrogen functional groups attached to an aromatic ring is 1. The van der Waals surface area contributed by atoms with Gasteiger partial charge in [-0.2, -0.15) is 0 Å². The van der Waals surface area contributed by atoms with E-state index in [1.807, 2.05) is 32.0 Å². The molecule has 0 spiro atoms. The van der Waals surface area contributed by atoms with Crippen LogP contribution < -0.4 is 10.5 Å². The Kier molecular flexibility index (Phi) is 6.48. The first-order chi connectivity index (χ1) is 15.0. The molecule has 2 N–H and O–H groups in total. The Balaban J connectivity index is 1.64. The predicted molar refractivity (Wildman–Crippen MR) is 124 cm³/mol. The zero-order valence-corrected chi connectivity index (χ0v) is 19.1. The van der Waals surface area contributed by atoms with Crippen molar-refractivity contribution in [1.29, 1.82) is 0 Å². The van der Waals surface area contributed by atoms with E-state index in [0.29, 0.717) is 47.3 Å². The maximum Gasteiger partial charge on any atom is 0.254 e. The maximum atomic E-state index is 15.0. The number of thiazole rings is 1. The number of hydrogen-bond donors (Lipinski definition) is 1. The molecule has 0 fully saturated rings. The van der Waals surface area contributed by atoms with E-state index in [2.05, 4.69) is 4.98 Å². The van der Waals surface area contributed by atoms with Gasteiger partial charge in [0.15, 0.2) is 5.13 Å². The lowest BCUT2D eigenvalue weighted by Gasteiger charge is -2.22. The summed E-state index contributed by atoms with van der Waals surface area (Å²) in [6.07, 6.45) is 2.21. The number of hydrogen-bond acceptors (Lipinski definition) is 6. The fourth-order valence-corrected chi connectivity index (χ4v) is 5.13. The summed E-state index contributed by atoms with van der Waals surface area (Å²) < 4.78 is 20.9. The van der Waals surface area contributed by atoms with E-state index >= 15 is 0 Å². The van der Waals surface area contributed by atoms with Gasteiger partial charge in [-0.25, -0.2) is 9.37 Å². The minimum atomic E-state index is -0.281. The molecule has 1 aliphatic rings. The van der Waals surface area contributed by atoms with Crippen LogP contribution in [0.5, 0.6) is 5.75 Å². The zero-order valence-electron chi connectivity index (χ0n) is 17.5. The Morgan fingerprint density at radius 3 is 2.87 bits per heavy atom. The van der Waals surface area contributed by atoms with Crippen molar-refractivity contribution in [2.24, 2.45) is 0 Å². The molecule has 1 aromatic heterocycles. The highest BCUT2D eigenvalue weighted by molar-refractivity contribution is 7.99. The Bertz CT molecular complexity index is 1120. The van der Waals surface area contributed by atoms with Crippen molar-refractivity contribution < 1.29 is 13.9 Å². The molecule has 0 bridgehead atoms. The second kappa shape index (κ2) is 9.28. The summed E-state index contributed by atoms with van der Waals surface area (Å²) in [6, 6.07) is 9.37. The van der Waals surface area contributed by atoms with E-state index in [9.17, 15) is 9.18 Å². The van der Waals surface area contributed by atoms with Crippen LogP contribution in [0.1, 0.15) is 35.3 Å². The number of fused-ring (bicyclic) bond motifs is 1. The number of carbonyl (C=O) groups excluding carboxylic acids is 1. The van der Waals surface area contributed by atoms with Crippen LogP contribution in [-0.4, -0.2) is 34.7 Å². The Labute approximate surface area is 189 Å². The van der Waals surface area contributed by atoms with Gasteiger partial charge >= 0.3 is 0 Å². The van der Waals surface area contributed by atoms with Gasteiger partial charge in [0.2, 0.25) is 0 Å². The summed E-state index contributed by atoms with van der Waals surface area (Å²) in [4.78, 5) is 20.8. The van der Waals surface area contributed by atoms with Crippen molar-refractivity contribution in [3.63, 3.8) is 0 Å². The van der Waals surface area contributed by atoms with Crippen LogP contribution in [-0.2, 0) is 13.0 Å². The van der Waals surface area contributed by atoms with Gasteiger partial charge < -0.3 is 15.4 Å². The molecule has 3 aromatic rings. The molecule has 31 heavy (non-hydrogen) atoms. The van der Waals surface area contributed by atoms with Gasteiger partial charge in [0, 0.05) is 34.3 Å². The molecule has 0 atom stereocenters. The van der Waals surface area contributed by atoms with E-state index < -0.39 is 0 Å². The number of anilines is 1. The van der Waals surface area contributed by atoms with Crippen LogP contribution in [0.3, 0.4) is 0 Å². The highest BCUT2D eigenvalue weighted by atomic mass is 32.2. The summed E-state index contributed by atoms with van der Waals surface area (Å²) in [5.74, 6) is 1.08. The number of nitrogens with zero attached hydrogens (tertiary/aromatic N) is 2. The molecule has 2 aromatic carbocycles. The van der Waals surface area contributed by atoms with Gasteiger partial charge in [0.25, 0.3) is 5.91 Å². The van der Waals surface area contributed by atoms with E-state index in [4.69, 9.17) is 10.5 Å². The molecule has 0 radical (unpaired) electrons. The predicted octanol–water partition coefficient (Wildman–Crippen LogP) is 5.24. The van der Waals surface area contributed by atoms with Crippen LogP contribution >= 0.6 is 23.1 Å². The highest BCUT2D eigenvalue weighted by Gasteiger charge is 2.25. The first-order valence-corrected chi connectivity index (χ1v) is 12.0. The van der Waals surface area contributed by atoms with Crippen molar-refractivity contribution >= 4 is 34.1 Å². The largest absolute Gasteiger partial charge is 0.491 e. The van der Waals surface area contributed by atoms with Gasteiger partial charge in [0.05, 0.1) is 11.4 Å². The average molecular weight is 458 g/mol. The fraction of sp³-hybridized carbons (Fsp3) is 0.304. The number of benzene rings is 2. The second-order valence-electron chi connectivity index (χ2n) is 7.15. The first kappa shape index (κ1) is 21.6. The third-order valence-corrected chi connectivity index (χ3v) is 7.02. The van der Waals surface area contributed by atoms with Gasteiger partial charge in [-0.15, -0.1) is 11.8 Å². The summed E-state index contributed by atoms with van der Waals surface area (Å²) in [6.45, 7) is 5.08. The smallest absolute Gasteiger partial charge is 0.254 e. The SMILES string of the molecule is CCSc1ccc(C(=O)N2CCOc3ccc(-c4cnc(N)s4)cc3C2)c(CC)c1F. The van der Waals surface area contributed by atoms with Crippen molar-refractivity contribution in [3.8, 4) is 16.2 Å². The van der Waals surface area contributed by atoms with Gasteiger partial charge in [-0.3, -0.25) is 4.79 Å². The molecular formula is C23H24FN3O2S2. The van der Waals surface area contributed by atoms with Gasteiger partial charge in [-0.1, -0.05) is 25.2 Å². The molecule has 4 rings (SSSR count). The molecule has 1 aliphatic heterocycles. The number of nitrogens with two attached hydrogens (primary N) is 1. The van der Waals surface area contributed by atoms with Crippen molar-refractivity contribution in [2.75, 3.05) is 24.6 Å². The van der Waals surface area contributed by atoms with Crippen molar-refractivity contribution in [1.82, 2.24) is 9.88 Å². The minimum Gasteiger partial charge on any atom is -0.491 e. The molecule has 0 saturated carbocycles. The fourth-order valence-electron chi connectivity index (χ4n) is 3.73. The minimum absolute atomic E-state index is 0.173. The first-order valence-electron chi connectivity index (χ1n) is 10.2. The number of rotatable bonds is 5. The van der Waals surface area contributed by atoms with E-state index in [0.717, 1.165) is 27.5 Å². The molecule has 0 aliphatic carbocycles. The van der Waals surface area contributed by atoms with Crippen LogP contribution in [0.15, 0.2) is 41.4 Å². The Morgan fingerprint density at radius 1 is 1.32 bits per heavy atom. The molecule has 0 saturated heterocycles. The summed E-state index contributed by atoms with van der Waals surface area (Å²) in [5.41, 5.74) is 8.56. The normalized spacial score (nSPS) is 13.5. The molecule has 8 heteroatoms. The van der Waals surface area contributed by atoms with Crippen molar-refractivity contribution in [3.05, 3.63) is 59.0 Å². The molecule has 162 valence electrons. The maximum absolute atomic E-state index is 15.0. The van der Waals surface area contributed by atoms with Crippen LogP contribution in [0.25, 0.3) is 10.4 Å². The summed E-state index contributed by atoms with van der Waals surface area (Å²) >= 11 is 2.86. The monoisotopic (exact) mass is 457 g/mol. The standard InChI is InChI=1S/C23H24FN3O2S2/c1-3-16-17(6-8-19(21(16)24)30-4-2)22(28)27-9-10-29-18-7-5-14(11-15(18)13-27)20-12-26-23(25)31-20/h5-8,11-12H,3-4,9-10,13H2,1-2H3,(H2,25,26). The lowest BCUT2D eigenvalue weighted by molar-refractivity contribution is 0.0731. The van der Waals surface area contributed by atoms with Gasteiger partial charge in [0.1, 0.15) is 18.2 Å². The number of thioether (sulfide) groups is 1. The zero-order chi connectivity index (χ0) is 22.0. The Hall–Kier alpha value is -2.58. The average Bonchev–Trinajstić information content (AvgIpc) is 3.09. The van der Waals surface area contributed by atoms with Crippen LogP contribution in [0, 0.1) is 5.82 Å². The lowest BCUT2D eigenvalue weighted by atomic mass is 10.0. The number of carbonyl (C=O) groups is 1. The second-order valence-corrected chi connectivity index (χ2v) is 9.52. The van der Waals surface area contributed by atoms with Crippen LogP contribution in [0.2, 0.25) is 0 Å².